The number of rotatable bonds is 4. The highest BCUT2D eigenvalue weighted by atomic mass is 15.3. The first-order valence-corrected chi connectivity index (χ1v) is 5.59. The maximum absolute atomic E-state index is 9.06. The van der Waals surface area contributed by atoms with Crippen LogP contribution in [-0.2, 0) is 7.05 Å². The number of nitrogens with zero attached hydrogens (tertiary/aromatic N) is 3. The maximum atomic E-state index is 9.06. The van der Waals surface area contributed by atoms with Gasteiger partial charge in [0, 0.05) is 13.6 Å². The van der Waals surface area contributed by atoms with E-state index in [-0.39, 0.29) is 5.41 Å². The Labute approximate surface area is 97.3 Å². The monoisotopic (exact) mass is 220 g/mol. The zero-order valence-electron chi connectivity index (χ0n) is 10.8. The van der Waals surface area contributed by atoms with E-state index in [1.807, 2.05) is 14.0 Å². The van der Waals surface area contributed by atoms with Gasteiger partial charge < -0.3 is 5.32 Å². The first-order chi connectivity index (χ1) is 7.41. The topological polar surface area (TPSA) is 53.6 Å². The first-order valence-electron chi connectivity index (χ1n) is 5.59. The Kier molecular flexibility index (Phi) is 3.58. The third kappa shape index (κ3) is 2.54. The smallest absolute Gasteiger partial charge is 0.142 e. The van der Waals surface area contributed by atoms with Crippen molar-refractivity contribution in [2.24, 2.45) is 12.5 Å². The highest BCUT2D eigenvalue weighted by molar-refractivity contribution is 5.55. The average molecular weight is 220 g/mol. The predicted molar refractivity (Wildman–Crippen MR) is 65.2 cm³/mol. The van der Waals surface area contributed by atoms with E-state index in [0.29, 0.717) is 5.56 Å². The summed E-state index contributed by atoms with van der Waals surface area (Å²) in [6, 6.07) is 2.19. The van der Waals surface area contributed by atoms with Crippen LogP contribution >= 0.6 is 0 Å². The van der Waals surface area contributed by atoms with Crippen LogP contribution < -0.4 is 5.32 Å². The molecule has 0 saturated heterocycles. The zero-order chi connectivity index (χ0) is 12.3. The van der Waals surface area contributed by atoms with Gasteiger partial charge >= 0.3 is 0 Å². The van der Waals surface area contributed by atoms with Crippen molar-refractivity contribution in [1.82, 2.24) is 9.78 Å². The minimum absolute atomic E-state index is 0.227. The van der Waals surface area contributed by atoms with E-state index in [4.69, 9.17) is 5.26 Å². The van der Waals surface area contributed by atoms with Crippen molar-refractivity contribution in [3.63, 3.8) is 0 Å². The van der Waals surface area contributed by atoms with Crippen molar-refractivity contribution < 1.29 is 0 Å². The van der Waals surface area contributed by atoms with Gasteiger partial charge in [0.15, 0.2) is 0 Å². The minimum atomic E-state index is 0.227. The summed E-state index contributed by atoms with van der Waals surface area (Å²) in [6.07, 6.45) is 1.10. The molecule has 0 bridgehead atoms. The lowest BCUT2D eigenvalue weighted by Crippen LogP contribution is -2.23. The van der Waals surface area contributed by atoms with Crippen LogP contribution in [0.4, 0.5) is 5.82 Å². The van der Waals surface area contributed by atoms with Crippen LogP contribution in [0, 0.1) is 23.7 Å². The molecule has 0 radical (unpaired) electrons. The molecule has 0 aliphatic carbocycles. The van der Waals surface area contributed by atoms with Gasteiger partial charge in [-0.2, -0.15) is 10.4 Å². The van der Waals surface area contributed by atoms with E-state index in [2.05, 4.69) is 37.3 Å². The lowest BCUT2D eigenvalue weighted by Gasteiger charge is -2.23. The molecule has 0 spiro atoms. The van der Waals surface area contributed by atoms with Crippen LogP contribution in [0.2, 0.25) is 0 Å². The maximum Gasteiger partial charge on any atom is 0.142 e. The molecule has 1 aromatic rings. The van der Waals surface area contributed by atoms with Crippen LogP contribution in [0.3, 0.4) is 0 Å². The summed E-state index contributed by atoms with van der Waals surface area (Å²) in [6.45, 7) is 9.28. The number of aryl methyl sites for hydroxylation is 2. The molecule has 0 unspecified atom stereocenters. The van der Waals surface area contributed by atoms with Gasteiger partial charge in [0.05, 0.1) is 5.69 Å². The second-order valence-corrected chi connectivity index (χ2v) is 4.92. The number of nitriles is 1. The third-order valence-electron chi connectivity index (χ3n) is 3.03. The minimum Gasteiger partial charge on any atom is -0.369 e. The number of hydrogen-bond acceptors (Lipinski definition) is 3. The fourth-order valence-electron chi connectivity index (χ4n) is 1.44. The highest BCUT2D eigenvalue weighted by Crippen LogP contribution is 2.23. The van der Waals surface area contributed by atoms with Gasteiger partial charge in [-0.3, -0.25) is 4.68 Å². The molecule has 88 valence electrons. The quantitative estimate of drug-likeness (QED) is 0.848. The van der Waals surface area contributed by atoms with Crippen molar-refractivity contribution in [2.75, 3.05) is 11.9 Å². The van der Waals surface area contributed by atoms with Gasteiger partial charge in [0.25, 0.3) is 0 Å². The van der Waals surface area contributed by atoms with E-state index in [0.717, 1.165) is 24.5 Å². The number of nitrogens with one attached hydrogen (secondary N) is 1. The first kappa shape index (κ1) is 12.6. The molecular weight excluding hydrogens is 200 g/mol. The standard InChI is InChI=1S/C12H20N4/c1-6-12(3,4)8-14-11-10(7-13)9(2)15-16(11)5/h14H,6,8H2,1-5H3. The molecule has 0 saturated carbocycles. The second-order valence-electron chi connectivity index (χ2n) is 4.92. The van der Waals surface area contributed by atoms with E-state index in [1.165, 1.54) is 0 Å². The van der Waals surface area contributed by atoms with Crippen LogP contribution in [0.1, 0.15) is 38.4 Å². The molecule has 0 aromatic carbocycles. The summed E-state index contributed by atoms with van der Waals surface area (Å²) >= 11 is 0. The molecule has 0 aliphatic heterocycles. The van der Waals surface area contributed by atoms with Gasteiger partial charge in [-0.25, -0.2) is 0 Å². The summed E-state index contributed by atoms with van der Waals surface area (Å²) in [4.78, 5) is 0. The Morgan fingerprint density at radius 2 is 2.12 bits per heavy atom. The summed E-state index contributed by atoms with van der Waals surface area (Å²) in [5.74, 6) is 0.821. The van der Waals surface area contributed by atoms with Crippen LogP contribution in [0.25, 0.3) is 0 Å². The lowest BCUT2D eigenvalue weighted by molar-refractivity contribution is 0.376. The van der Waals surface area contributed by atoms with Crippen molar-refractivity contribution in [2.45, 2.75) is 34.1 Å². The van der Waals surface area contributed by atoms with Gasteiger partial charge in [-0.1, -0.05) is 20.8 Å². The van der Waals surface area contributed by atoms with E-state index >= 15 is 0 Å². The molecule has 1 N–H and O–H groups in total. The fraction of sp³-hybridized carbons (Fsp3) is 0.667. The lowest BCUT2D eigenvalue weighted by atomic mass is 9.90. The van der Waals surface area contributed by atoms with Gasteiger partial charge in [0.2, 0.25) is 0 Å². The van der Waals surface area contributed by atoms with Gasteiger partial charge in [-0.15, -0.1) is 0 Å². The Bertz CT molecular complexity index is 409. The van der Waals surface area contributed by atoms with E-state index in [9.17, 15) is 0 Å². The predicted octanol–water partition coefficient (Wildman–Crippen LogP) is 2.45. The number of anilines is 1. The molecule has 4 nitrogen and oxygen atoms in total. The Morgan fingerprint density at radius 1 is 1.50 bits per heavy atom. The molecule has 0 fully saturated rings. The van der Waals surface area contributed by atoms with Crippen LogP contribution in [0.15, 0.2) is 0 Å². The van der Waals surface area contributed by atoms with Crippen molar-refractivity contribution in [3.8, 4) is 6.07 Å². The summed E-state index contributed by atoms with van der Waals surface area (Å²) in [5.41, 5.74) is 1.65. The molecule has 0 amide bonds. The van der Waals surface area contributed by atoms with Gasteiger partial charge in [0.1, 0.15) is 17.5 Å². The van der Waals surface area contributed by atoms with Crippen molar-refractivity contribution in [1.29, 1.82) is 5.26 Å². The largest absolute Gasteiger partial charge is 0.369 e. The third-order valence-corrected chi connectivity index (χ3v) is 3.03. The van der Waals surface area contributed by atoms with E-state index in [1.54, 1.807) is 4.68 Å². The normalized spacial score (nSPS) is 11.2. The Balaban J connectivity index is 2.86. The fourth-order valence-corrected chi connectivity index (χ4v) is 1.44. The molecule has 4 heteroatoms. The molecule has 1 aromatic heterocycles. The number of hydrogen-bond donors (Lipinski definition) is 1. The molecule has 1 rings (SSSR count). The SMILES string of the molecule is CCC(C)(C)CNc1c(C#N)c(C)nn1C. The van der Waals surface area contributed by atoms with Crippen LogP contribution in [-0.4, -0.2) is 16.3 Å². The molecular formula is C12H20N4. The molecule has 1 heterocycles. The molecule has 16 heavy (non-hydrogen) atoms. The van der Waals surface area contributed by atoms with E-state index < -0.39 is 0 Å². The zero-order valence-corrected chi connectivity index (χ0v) is 10.8. The number of aromatic nitrogens is 2. The van der Waals surface area contributed by atoms with Crippen LogP contribution in [0.5, 0.6) is 0 Å². The summed E-state index contributed by atoms with van der Waals surface area (Å²) in [7, 11) is 1.86. The summed E-state index contributed by atoms with van der Waals surface area (Å²) < 4.78 is 1.74. The second kappa shape index (κ2) is 4.56. The Hall–Kier alpha value is -1.50. The average Bonchev–Trinajstić information content (AvgIpc) is 2.50. The Morgan fingerprint density at radius 3 is 2.62 bits per heavy atom. The van der Waals surface area contributed by atoms with Gasteiger partial charge in [-0.05, 0) is 18.8 Å². The molecule has 0 atom stereocenters. The molecule has 0 aliphatic rings. The van der Waals surface area contributed by atoms with Crippen molar-refractivity contribution >= 4 is 5.82 Å². The summed E-state index contributed by atoms with van der Waals surface area (Å²) in [5, 5.41) is 16.6. The van der Waals surface area contributed by atoms with Crippen molar-refractivity contribution in [3.05, 3.63) is 11.3 Å². The highest BCUT2D eigenvalue weighted by Gasteiger charge is 2.18.